The van der Waals surface area contributed by atoms with Gasteiger partial charge in [0.2, 0.25) is 5.78 Å². The van der Waals surface area contributed by atoms with Gasteiger partial charge < -0.3 is 5.11 Å². The van der Waals surface area contributed by atoms with Crippen molar-refractivity contribution in [2.75, 3.05) is 0 Å². The Labute approximate surface area is 163 Å². The average molecular weight is 366 g/mol. The molecule has 0 amide bonds. The van der Waals surface area contributed by atoms with Gasteiger partial charge in [0, 0.05) is 17.2 Å². The zero-order valence-corrected chi connectivity index (χ0v) is 15.1. The summed E-state index contributed by atoms with van der Waals surface area (Å²) >= 11 is 0. The molecule has 4 heteroatoms. The predicted molar refractivity (Wildman–Crippen MR) is 110 cm³/mol. The van der Waals surface area contributed by atoms with Gasteiger partial charge in [-0.05, 0) is 18.2 Å². The van der Waals surface area contributed by atoms with Crippen LogP contribution in [0, 0.1) is 0 Å². The van der Waals surface area contributed by atoms with E-state index in [4.69, 9.17) is 0 Å². The number of rotatable bonds is 5. The van der Waals surface area contributed by atoms with E-state index in [9.17, 15) is 9.90 Å². The highest BCUT2D eigenvalue weighted by Gasteiger charge is 2.16. The quantitative estimate of drug-likeness (QED) is 0.295. The largest absolute Gasteiger partial charge is 0.507 e. The van der Waals surface area contributed by atoms with Crippen molar-refractivity contribution >= 4 is 11.5 Å². The fraction of sp³-hybridized carbons (Fsp3) is 0. The number of allylic oxidation sites excluding steroid dienone is 1. The second kappa shape index (κ2) is 7.76. The fourth-order valence-electron chi connectivity index (χ4n) is 2.97. The second-order valence-electron chi connectivity index (χ2n) is 6.29. The number of benzene rings is 3. The van der Waals surface area contributed by atoms with E-state index in [2.05, 4.69) is 5.10 Å². The highest BCUT2D eigenvalue weighted by molar-refractivity contribution is 6.07. The number of para-hydroxylation sites is 1. The van der Waals surface area contributed by atoms with Crippen LogP contribution >= 0.6 is 0 Å². The van der Waals surface area contributed by atoms with Gasteiger partial charge in [0.25, 0.3) is 0 Å². The Morgan fingerprint density at radius 3 is 2.04 bits per heavy atom. The van der Waals surface area contributed by atoms with Gasteiger partial charge in [0.15, 0.2) is 0 Å². The number of hydrogen-bond acceptors (Lipinski definition) is 3. The summed E-state index contributed by atoms with van der Waals surface area (Å²) in [7, 11) is 0. The summed E-state index contributed by atoms with van der Waals surface area (Å²) in [6.07, 6.45) is 1.21. The molecular weight excluding hydrogens is 348 g/mol. The third-order valence-corrected chi connectivity index (χ3v) is 4.37. The molecule has 3 aromatic carbocycles. The molecular formula is C24H18N2O2. The SMILES string of the molecule is O=C(/C=C(\O)c1ccccc1)c1cc(-c2ccccc2)n(-c2ccccc2)n1. The van der Waals surface area contributed by atoms with E-state index >= 15 is 0 Å². The molecule has 0 atom stereocenters. The predicted octanol–water partition coefficient (Wildman–Crippen LogP) is 5.32. The lowest BCUT2D eigenvalue weighted by atomic mass is 10.1. The summed E-state index contributed by atoms with van der Waals surface area (Å²) in [6.45, 7) is 0. The van der Waals surface area contributed by atoms with E-state index in [-0.39, 0.29) is 17.2 Å². The minimum Gasteiger partial charge on any atom is -0.507 e. The first-order valence-corrected chi connectivity index (χ1v) is 8.94. The number of ketones is 1. The lowest BCUT2D eigenvalue weighted by Crippen LogP contribution is -2.02. The van der Waals surface area contributed by atoms with E-state index in [0.717, 1.165) is 16.9 Å². The Balaban J connectivity index is 1.76. The van der Waals surface area contributed by atoms with Crippen molar-refractivity contribution in [1.82, 2.24) is 9.78 Å². The summed E-state index contributed by atoms with van der Waals surface area (Å²) in [5.74, 6) is -0.436. The molecule has 0 saturated carbocycles. The first-order chi connectivity index (χ1) is 13.7. The summed E-state index contributed by atoms with van der Waals surface area (Å²) in [6, 6.07) is 30.1. The number of aliphatic hydroxyl groups excluding tert-OH is 1. The summed E-state index contributed by atoms with van der Waals surface area (Å²) in [5, 5.41) is 14.8. The van der Waals surface area contributed by atoms with Gasteiger partial charge >= 0.3 is 0 Å². The van der Waals surface area contributed by atoms with Crippen LogP contribution in [-0.2, 0) is 0 Å². The third kappa shape index (κ3) is 3.62. The van der Waals surface area contributed by atoms with Crippen LogP contribution in [0.4, 0.5) is 0 Å². The Morgan fingerprint density at radius 1 is 0.821 bits per heavy atom. The van der Waals surface area contributed by atoms with E-state index in [1.165, 1.54) is 6.08 Å². The van der Waals surface area contributed by atoms with E-state index in [1.54, 1.807) is 22.9 Å². The van der Waals surface area contributed by atoms with Gasteiger partial charge in [-0.2, -0.15) is 5.10 Å². The molecule has 0 aliphatic carbocycles. The first kappa shape index (κ1) is 17.5. The standard InChI is InChI=1S/C24H18N2O2/c27-23(19-12-6-2-7-13-19)17-24(28)21-16-22(18-10-4-1-5-11-18)26(25-21)20-14-8-3-9-15-20/h1-17,27H/b23-17-. The van der Waals surface area contributed by atoms with Crippen LogP contribution in [0.5, 0.6) is 0 Å². The van der Waals surface area contributed by atoms with Crippen molar-refractivity contribution in [2.45, 2.75) is 0 Å². The van der Waals surface area contributed by atoms with Crippen LogP contribution in [-0.4, -0.2) is 20.7 Å². The third-order valence-electron chi connectivity index (χ3n) is 4.37. The molecule has 1 heterocycles. The van der Waals surface area contributed by atoms with Crippen molar-refractivity contribution < 1.29 is 9.90 Å². The molecule has 28 heavy (non-hydrogen) atoms. The molecule has 0 saturated heterocycles. The Hall–Kier alpha value is -3.92. The lowest BCUT2D eigenvalue weighted by Gasteiger charge is -2.07. The molecule has 4 aromatic rings. The molecule has 1 N–H and O–H groups in total. The van der Waals surface area contributed by atoms with Gasteiger partial charge in [-0.25, -0.2) is 4.68 Å². The van der Waals surface area contributed by atoms with Crippen LogP contribution in [0.3, 0.4) is 0 Å². The van der Waals surface area contributed by atoms with Crippen LogP contribution < -0.4 is 0 Å². The summed E-state index contributed by atoms with van der Waals surface area (Å²) < 4.78 is 1.75. The van der Waals surface area contributed by atoms with Crippen molar-refractivity contribution in [2.24, 2.45) is 0 Å². The summed E-state index contributed by atoms with van der Waals surface area (Å²) in [5.41, 5.74) is 3.47. The van der Waals surface area contributed by atoms with Gasteiger partial charge in [-0.15, -0.1) is 0 Å². The zero-order valence-electron chi connectivity index (χ0n) is 15.1. The molecule has 0 spiro atoms. The highest BCUT2D eigenvalue weighted by atomic mass is 16.3. The topological polar surface area (TPSA) is 55.1 Å². The zero-order chi connectivity index (χ0) is 19.3. The van der Waals surface area contributed by atoms with Crippen LogP contribution in [0.1, 0.15) is 16.1 Å². The first-order valence-electron chi connectivity index (χ1n) is 8.94. The molecule has 0 unspecified atom stereocenters. The molecule has 4 rings (SSSR count). The normalized spacial score (nSPS) is 11.4. The van der Waals surface area contributed by atoms with Crippen molar-refractivity contribution in [3.63, 3.8) is 0 Å². The fourth-order valence-corrected chi connectivity index (χ4v) is 2.97. The maximum absolute atomic E-state index is 12.7. The van der Waals surface area contributed by atoms with Crippen LogP contribution in [0.25, 0.3) is 22.7 Å². The van der Waals surface area contributed by atoms with Crippen LogP contribution in [0.15, 0.2) is 103 Å². The highest BCUT2D eigenvalue weighted by Crippen LogP contribution is 2.24. The van der Waals surface area contributed by atoms with E-state index in [0.29, 0.717) is 5.56 Å². The molecule has 4 nitrogen and oxygen atoms in total. The molecule has 0 aliphatic rings. The van der Waals surface area contributed by atoms with Crippen molar-refractivity contribution in [1.29, 1.82) is 0 Å². The summed E-state index contributed by atoms with van der Waals surface area (Å²) in [4.78, 5) is 12.7. The number of aliphatic hydroxyl groups is 1. The van der Waals surface area contributed by atoms with Crippen LogP contribution in [0.2, 0.25) is 0 Å². The smallest absolute Gasteiger partial charge is 0.209 e. The van der Waals surface area contributed by atoms with E-state index < -0.39 is 0 Å². The number of nitrogens with zero attached hydrogens (tertiary/aromatic N) is 2. The second-order valence-corrected chi connectivity index (χ2v) is 6.29. The molecule has 136 valence electrons. The maximum Gasteiger partial charge on any atom is 0.209 e. The minimum absolute atomic E-state index is 0.0823. The monoisotopic (exact) mass is 366 g/mol. The number of carbonyl (C=O) groups is 1. The molecule has 0 aliphatic heterocycles. The number of carbonyl (C=O) groups excluding carboxylic acids is 1. The van der Waals surface area contributed by atoms with Gasteiger partial charge in [0.1, 0.15) is 11.5 Å². The maximum atomic E-state index is 12.7. The van der Waals surface area contributed by atoms with Gasteiger partial charge in [0.05, 0.1) is 11.4 Å². The van der Waals surface area contributed by atoms with E-state index in [1.807, 2.05) is 78.9 Å². The number of hydrogen-bond donors (Lipinski definition) is 1. The molecule has 0 fully saturated rings. The molecule has 0 radical (unpaired) electrons. The molecule has 0 bridgehead atoms. The van der Waals surface area contributed by atoms with Gasteiger partial charge in [-0.3, -0.25) is 4.79 Å². The molecule has 1 aromatic heterocycles. The Kier molecular flexibility index (Phi) is 4.85. The lowest BCUT2D eigenvalue weighted by molar-refractivity contribution is 0.104. The number of aromatic nitrogens is 2. The Morgan fingerprint density at radius 2 is 1.39 bits per heavy atom. The van der Waals surface area contributed by atoms with Crippen molar-refractivity contribution in [3.05, 3.63) is 114 Å². The van der Waals surface area contributed by atoms with Gasteiger partial charge in [-0.1, -0.05) is 78.9 Å². The average Bonchev–Trinajstić information content (AvgIpc) is 3.21. The van der Waals surface area contributed by atoms with Crippen molar-refractivity contribution in [3.8, 4) is 16.9 Å². The Bertz CT molecular complexity index is 1060. The minimum atomic E-state index is -0.354.